The van der Waals surface area contributed by atoms with Crippen LogP contribution in [0.5, 0.6) is 0 Å². The van der Waals surface area contributed by atoms with E-state index >= 15 is 0 Å². The third kappa shape index (κ3) is 2.54. The Morgan fingerprint density at radius 3 is 3.04 bits per heavy atom. The molecule has 2 N–H and O–H groups in total. The number of carbonyl (C=O) groups is 1. The fourth-order valence-electron chi connectivity index (χ4n) is 3.23. The molecule has 3 heterocycles. The van der Waals surface area contributed by atoms with Gasteiger partial charge in [0.15, 0.2) is 0 Å². The second-order valence-corrected chi connectivity index (χ2v) is 6.11. The number of aliphatic carboxylic acids is 1. The Balaban J connectivity index is 1.55. The van der Waals surface area contributed by atoms with Crippen molar-refractivity contribution in [3.05, 3.63) is 42.0 Å². The summed E-state index contributed by atoms with van der Waals surface area (Å²) >= 11 is 0. The number of aryl methyl sites for hydroxylation is 1. The summed E-state index contributed by atoms with van der Waals surface area (Å²) in [6, 6.07) is 7.51. The molecule has 0 bridgehead atoms. The van der Waals surface area contributed by atoms with E-state index in [0.717, 1.165) is 22.6 Å². The van der Waals surface area contributed by atoms with E-state index in [1.165, 1.54) is 0 Å². The van der Waals surface area contributed by atoms with Crippen molar-refractivity contribution in [1.82, 2.24) is 29.9 Å². The summed E-state index contributed by atoms with van der Waals surface area (Å²) < 4.78 is 3.87. The normalized spacial score (nSPS) is 20.7. The third-order valence-electron chi connectivity index (χ3n) is 4.50. The van der Waals surface area contributed by atoms with E-state index in [0.29, 0.717) is 19.5 Å². The van der Waals surface area contributed by atoms with Crippen LogP contribution in [0.4, 0.5) is 0 Å². The van der Waals surface area contributed by atoms with E-state index in [2.05, 4.69) is 25.2 Å². The van der Waals surface area contributed by atoms with Gasteiger partial charge in [0.1, 0.15) is 17.6 Å². The third-order valence-corrected chi connectivity index (χ3v) is 4.50. The second kappa shape index (κ2) is 5.72. The predicted octanol–water partition coefficient (Wildman–Crippen LogP) is 0.972. The summed E-state index contributed by atoms with van der Waals surface area (Å²) in [6.07, 6.45) is 2.41. The Hall–Kier alpha value is -2.74. The van der Waals surface area contributed by atoms with Gasteiger partial charge in [0.05, 0.1) is 29.8 Å². The molecule has 1 fully saturated rings. The standard InChI is InChI=1S/C16H18N6O2/c1-10-18-13-4-2-3-5-15(13)21(10)8-11-9-22(20-19-11)12-6-14(16(23)24)17-7-12/h2-5,9,12,14,17H,6-8H2,1H3,(H,23,24)/t12-,14-/m0/s1. The van der Waals surface area contributed by atoms with Gasteiger partial charge in [-0.15, -0.1) is 5.10 Å². The van der Waals surface area contributed by atoms with Gasteiger partial charge in [-0.1, -0.05) is 17.3 Å². The number of fused-ring (bicyclic) bond motifs is 1. The Morgan fingerprint density at radius 1 is 1.42 bits per heavy atom. The van der Waals surface area contributed by atoms with Crippen LogP contribution in [-0.4, -0.2) is 48.2 Å². The molecule has 4 rings (SSSR count). The number of carboxylic acids is 1. The Morgan fingerprint density at radius 2 is 2.25 bits per heavy atom. The van der Waals surface area contributed by atoms with E-state index in [-0.39, 0.29) is 6.04 Å². The number of hydrogen-bond acceptors (Lipinski definition) is 5. The molecule has 8 nitrogen and oxygen atoms in total. The summed E-state index contributed by atoms with van der Waals surface area (Å²) in [6.45, 7) is 3.16. The second-order valence-electron chi connectivity index (χ2n) is 6.11. The zero-order valence-corrected chi connectivity index (χ0v) is 13.3. The lowest BCUT2D eigenvalue weighted by Crippen LogP contribution is -2.29. The average Bonchev–Trinajstić information content (AvgIpc) is 3.27. The number of rotatable bonds is 4. The lowest BCUT2D eigenvalue weighted by Gasteiger charge is -2.07. The minimum Gasteiger partial charge on any atom is -0.480 e. The number of aromatic nitrogens is 5. The largest absolute Gasteiger partial charge is 0.480 e. The molecule has 1 saturated heterocycles. The molecule has 2 atom stereocenters. The fourth-order valence-corrected chi connectivity index (χ4v) is 3.23. The number of imidazole rings is 1. The van der Waals surface area contributed by atoms with Crippen molar-refractivity contribution in [2.45, 2.75) is 32.0 Å². The van der Waals surface area contributed by atoms with Crippen LogP contribution in [0.1, 0.15) is 24.0 Å². The van der Waals surface area contributed by atoms with Crippen LogP contribution in [0.15, 0.2) is 30.5 Å². The monoisotopic (exact) mass is 326 g/mol. The quantitative estimate of drug-likeness (QED) is 0.741. The molecule has 0 aliphatic carbocycles. The molecule has 124 valence electrons. The molecule has 0 radical (unpaired) electrons. The van der Waals surface area contributed by atoms with Gasteiger partial charge in [-0.3, -0.25) is 4.79 Å². The smallest absolute Gasteiger partial charge is 0.320 e. The highest BCUT2D eigenvalue weighted by atomic mass is 16.4. The van der Waals surface area contributed by atoms with Gasteiger partial charge in [0, 0.05) is 6.54 Å². The molecule has 1 aliphatic rings. The first-order chi connectivity index (χ1) is 11.6. The van der Waals surface area contributed by atoms with Crippen molar-refractivity contribution in [1.29, 1.82) is 0 Å². The van der Waals surface area contributed by atoms with Gasteiger partial charge >= 0.3 is 5.97 Å². The maximum absolute atomic E-state index is 11.0. The van der Waals surface area contributed by atoms with E-state index in [4.69, 9.17) is 5.11 Å². The number of para-hydroxylation sites is 2. The maximum atomic E-state index is 11.0. The van der Waals surface area contributed by atoms with Crippen LogP contribution < -0.4 is 5.32 Å². The molecular weight excluding hydrogens is 308 g/mol. The number of nitrogens with one attached hydrogen (secondary N) is 1. The van der Waals surface area contributed by atoms with Gasteiger partial charge in [-0.25, -0.2) is 9.67 Å². The molecule has 0 spiro atoms. The zero-order chi connectivity index (χ0) is 16.7. The lowest BCUT2D eigenvalue weighted by molar-refractivity contribution is -0.139. The van der Waals surface area contributed by atoms with E-state index in [9.17, 15) is 4.79 Å². The van der Waals surface area contributed by atoms with Gasteiger partial charge in [0.25, 0.3) is 0 Å². The Bertz CT molecular complexity index is 899. The summed E-state index contributed by atoms with van der Waals surface area (Å²) in [7, 11) is 0. The average molecular weight is 326 g/mol. The van der Waals surface area contributed by atoms with Crippen molar-refractivity contribution in [3.63, 3.8) is 0 Å². The van der Waals surface area contributed by atoms with Crippen molar-refractivity contribution in [2.24, 2.45) is 0 Å². The molecule has 24 heavy (non-hydrogen) atoms. The van der Waals surface area contributed by atoms with E-state index in [1.807, 2.05) is 37.4 Å². The van der Waals surface area contributed by atoms with Crippen molar-refractivity contribution < 1.29 is 9.90 Å². The van der Waals surface area contributed by atoms with Crippen LogP contribution in [0.2, 0.25) is 0 Å². The highest BCUT2D eigenvalue weighted by molar-refractivity contribution is 5.76. The molecule has 0 amide bonds. The summed E-state index contributed by atoms with van der Waals surface area (Å²) in [5, 5.41) is 20.5. The van der Waals surface area contributed by atoms with Crippen LogP contribution in [0.25, 0.3) is 11.0 Å². The first-order valence-corrected chi connectivity index (χ1v) is 7.90. The van der Waals surface area contributed by atoms with Crippen LogP contribution in [0.3, 0.4) is 0 Å². The lowest BCUT2D eigenvalue weighted by atomic mass is 10.2. The summed E-state index contributed by atoms with van der Waals surface area (Å²) in [5.41, 5.74) is 2.87. The van der Waals surface area contributed by atoms with Gasteiger partial charge < -0.3 is 15.0 Å². The van der Waals surface area contributed by atoms with Crippen LogP contribution in [-0.2, 0) is 11.3 Å². The molecule has 1 aliphatic heterocycles. The van der Waals surface area contributed by atoms with Gasteiger partial charge in [0.2, 0.25) is 0 Å². The molecule has 8 heteroatoms. The number of benzene rings is 1. The topological polar surface area (TPSA) is 97.9 Å². The first-order valence-electron chi connectivity index (χ1n) is 7.90. The zero-order valence-electron chi connectivity index (χ0n) is 13.3. The van der Waals surface area contributed by atoms with Crippen LogP contribution >= 0.6 is 0 Å². The molecule has 3 aromatic rings. The van der Waals surface area contributed by atoms with Crippen molar-refractivity contribution in [3.8, 4) is 0 Å². The van der Waals surface area contributed by atoms with Gasteiger partial charge in [-0.05, 0) is 25.5 Å². The fraction of sp³-hybridized carbons (Fsp3) is 0.375. The van der Waals surface area contributed by atoms with Gasteiger partial charge in [-0.2, -0.15) is 0 Å². The highest BCUT2D eigenvalue weighted by Gasteiger charge is 2.30. The molecule has 1 aromatic carbocycles. The SMILES string of the molecule is Cc1nc2ccccc2n1Cc1cn([C@@H]2CN[C@H](C(=O)O)C2)nn1. The number of nitrogens with zero attached hydrogens (tertiary/aromatic N) is 5. The summed E-state index contributed by atoms with van der Waals surface area (Å²) in [4.78, 5) is 15.6. The molecule has 2 aromatic heterocycles. The Labute approximate surface area is 138 Å². The number of hydrogen-bond donors (Lipinski definition) is 2. The minimum absolute atomic E-state index is 0.0213. The highest BCUT2D eigenvalue weighted by Crippen LogP contribution is 2.20. The molecule has 0 saturated carbocycles. The van der Waals surface area contributed by atoms with Crippen molar-refractivity contribution in [2.75, 3.05) is 6.54 Å². The minimum atomic E-state index is -0.821. The Kier molecular flexibility index (Phi) is 3.53. The maximum Gasteiger partial charge on any atom is 0.320 e. The van der Waals surface area contributed by atoms with Crippen LogP contribution in [0, 0.1) is 6.92 Å². The van der Waals surface area contributed by atoms with E-state index in [1.54, 1.807) is 4.68 Å². The van der Waals surface area contributed by atoms with Crippen molar-refractivity contribution >= 4 is 17.0 Å². The molecular formula is C16H18N6O2. The predicted molar refractivity (Wildman–Crippen MR) is 86.7 cm³/mol. The first kappa shape index (κ1) is 14.8. The summed E-state index contributed by atoms with van der Waals surface area (Å²) in [5.74, 6) is 0.109. The number of carboxylic acid groups (broad SMARTS) is 1. The van der Waals surface area contributed by atoms with E-state index < -0.39 is 12.0 Å². The molecule has 0 unspecified atom stereocenters.